The molecule has 0 heterocycles. The van der Waals surface area contributed by atoms with Crippen LogP contribution in [0.1, 0.15) is 6.92 Å². The summed E-state index contributed by atoms with van der Waals surface area (Å²) in [5.74, 6) is 2.96. The quantitative estimate of drug-likeness (QED) is 0.480. The van der Waals surface area contributed by atoms with E-state index in [2.05, 4.69) is 11.2 Å². The van der Waals surface area contributed by atoms with Gasteiger partial charge in [0, 0.05) is 10.6 Å². The number of carbonyl (C=O) groups is 1. The molecule has 0 saturated heterocycles. The molecule has 0 aliphatic carbocycles. The number of methoxy groups -OCH3 is 1. The van der Waals surface area contributed by atoms with Gasteiger partial charge in [0.1, 0.15) is 5.75 Å². The maximum Gasteiger partial charge on any atom is 0.233 e. The first-order valence-electron chi connectivity index (χ1n) is 5.39. The predicted octanol–water partition coefficient (Wildman–Crippen LogP) is 1.51. The second kappa shape index (κ2) is 6.82. The molecule has 0 bridgehead atoms. The highest BCUT2D eigenvalue weighted by molar-refractivity contribution is 8.00. The van der Waals surface area contributed by atoms with Gasteiger partial charge < -0.3 is 15.8 Å². The summed E-state index contributed by atoms with van der Waals surface area (Å²) in [5, 5.41) is 2.36. The van der Waals surface area contributed by atoms with Crippen molar-refractivity contribution in [3.63, 3.8) is 0 Å². The molecular weight excluding hydrogens is 248 g/mol. The lowest BCUT2D eigenvalue weighted by atomic mass is 10.3. The molecule has 0 aliphatic rings. The van der Waals surface area contributed by atoms with Crippen molar-refractivity contribution in [1.29, 1.82) is 0 Å². The lowest BCUT2D eigenvalue weighted by Crippen LogP contribution is -2.31. The van der Waals surface area contributed by atoms with Gasteiger partial charge in [-0.3, -0.25) is 4.79 Å². The maximum atomic E-state index is 11.7. The fourth-order valence-corrected chi connectivity index (χ4v) is 2.23. The highest BCUT2D eigenvalue weighted by atomic mass is 32.2. The summed E-state index contributed by atoms with van der Waals surface area (Å²) in [6, 6.07) is 5.35. The van der Waals surface area contributed by atoms with Crippen LogP contribution in [0.25, 0.3) is 0 Å². The van der Waals surface area contributed by atoms with Crippen molar-refractivity contribution < 1.29 is 9.53 Å². The fraction of sp³-hybridized carbons (Fsp3) is 0.308. The number of carbonyl (C=O) groups excluding carboxylic acids is 1. The Balaban J connectivity index is 2.72. The number of amides is 1. The van der Waals surface area contributed by atoms with Gasteiger partial charge in [-0.25, -0.2) is 0 Å². The van der Waals surface area contributed by atoms with E-state index < -0.39 is 0 Å². The monoisotopic (exact) mass is 264 g/mol. The molecule has 1 rings (SSSR count). The fourth-order valence-electron chi connectivity index (χ4n) is 1.27. The average molecular weight is 264 g/mol. The van der Waals surface area contributed by atoms with Crippen molar-refractivity contribution >= 4 is 23.4 Å². The number of thioether (sulfide) groups is 1. The first-order valence-corrected chi connectivity index (χ1v) is 6.27. The molecule has 1 unspecified atom stereocenters. The molecule has 5 heteroatoms. The number of hydrogen-bond acceptors (Lipinski definition) is 4. The molecule has 4 nitrogen and oxygen atoms in total. The molecule has 1 atom stereocenters. The molecule has 18 heavy (non-hydrogen) atoms. The highest BCUT2D eigenvalue weighted by Gasteiger charge is 2.15. The van der Waals surface area contributed by atoms with Crippen molar-refractivity contribution in [2.24, 2.45) is 0 Å². The SMILES string of the molecule is C#CCNC(=O)C(C)Sc1cc(OC)ccc1N. The smallest absolute Gasteiger partial charge is 0.233 e. The van der Waals surface area contributed by atoms with Crippen LogP contribution in [0, 0.1) is 12.3 Å². The number of nitrogens with two attached hydrogens (primary N) is 1. The zero-order valence-electron chi connectivity index (χ0n) is 10.4. The van der Waals surface area contributed by atoms with E-state index in [1.165, 1.54) is 11.8 Å². The summed E-state index contributed by atoms with van der Waals surface area (Å²) < 4.78 is 5.12. The number of benzene rings is 1. The zero-order valence-corrected chi connectivity index (χ0v) is 11.2. The van der Waals surface area contributed by atoms with Gasteiger partial charge in [0.05, 0.1) is 18.9 Å². The Morgan fingerprint density at radius 1 is 1.67 bits per heavy atom. The topological polar surface area (TPSA) is 64.3 Å². The summed E-state index contributed by atoms with van der Waals surface area (Å²) in [4.78, 5) is 12.5. The van der Waals surface area contributed by atoms with Gasteiger partial charge in [-0.2, -0.15) is 0 Å². The Morgan fingerprint density at radius 2 is 2.39 bits per heavy atom. The number of nitrogen functional groups attached to an aromatic ring is 1. The van der Waals surface area contributed by atoms with E-state index in [4.69, 9.17) is 16.9 Å². The average Bonchev–Trinajstić information content (AvgIpc) is 2.38. The van der Waals surface area contributed by atoms with Gasteiger partial charge in [0.15, 0.2) is 0 Å². The third kappa shape index (κ3) is 3.90. The lowest BCUT2D eigenvalue weighted by molar-refractivity contribution is -0.120. The Hall–Kier alpha value is -1.80. The zero-order chi connectivity index (χ0) is 13.5. The van der Waals surface area contributed by atoms with Crippen molar-refractivity contribution in [3.05, 3.63) is 18.2 Å². The van der Waals surface area contributed by atoms with Gasteiger partial charge in [-0.15, -0.1) is 18.2 Å². The van der Waals surface area contributed by atoms with Crippen LogP contribution in [0.2, 0.25) is 0 Å². The van der Waals surface area contributed by atoms with E-state index in [1.807, 2.05) is 6.07 Å². The van der Waals surface area contributed by atoms with Crippen molar-refractivity contribution in [1.82, 2.24) is 5.32 Å². The van der Waals surface area contributed by atoms with Crippen molar-refractivity contribution in [3.8, 4) is 18.1 Å². The van der Waals surface area contributed by atoms with Gasteiger partial charge in [-0.05, 0) is 25.1 Å². The minimum atomic E-state index is -0.271. The molecule has 0 fully saturated rings. The molecule has 1 aromatic carbocycles. The Kier molecular flexibility index (Phi) is 5.40. The Labute approximate surface area is 111 Å². The molecule has 0 radical (unpaired) electrons. The van der Waals surface area contributed by atoms with Crippen LogP contribution >= 0.6 is 11.8 Å². The number of ether oxygens (including phenoxy) is 1. The summed E-state index contributed by atoms with van der Waals surface area (Å²) in [7, 11) is 1.59. The molecular formula is C13H16N2O2S. The van der Waals surface area contributed by atoms with E-state index in [0.29, 0.717) is 11.4 Å². The summed E-state index contributed by atoms with van der Waals surface area (Å²) in [5.41, 5.74) is 6.47. The van der Waals surface area contributed by atoms with E-state index in [0.717, 1.165) is 4.90 Å². The molecule has 0 aromatic heterocycles. The maximum absolute atomic E-state index is 11.7. The molecule has 0 aliphatic heterocycles. The third-order valence-corrected chi connectivity index (χ3v) is 3.43. The van der Waals surface area contributed by atoms with Gasteiger partial charge in [0.2, 0.25) is 5.91 Å². The van der Waals surface area contributed by atoms with E-state index in [9.17, 15) is 4.79 Å². The Morgan fingerprint density at radius 3 is 3.00 bits per heavy atom. The van der Waals surface area contributed by atoms with Gasteiger partial charge in [0.25, 0.3) is 0 Å². The predicted molar refractivity (Wildman–Crippen MR) is 74.6 cm³/mol. The third-order valence-electron chi connectivity index (χ3n) is 2.26. The second-order valence-corrected chi connectivity index (χ2v) is 4.97. The molecule has 3 N–H and O–H groups in total. The normalized spacial score (nSPS) is 11.4. The van der Waals surface area contributed by atoms with Gasteiger partial charge >= 0.3 is 0 Å². The first kappa shape index (κ1) is 14.3. The summed E-state index contributed by atoms with van der Waals surface area (Å²) in [6.07, 6.45) is 5.08. The van der Waals surface area contributed by atoms with Crippen LogP contribution in [0.15, 0.2) is 23.1 Å². The van der Waals surface area contributed by atoms with Crippen molar-refractivity contribution in [2.45, 2.75) is 17.1 Å². The van der Waals surface area contributed by atoms with Crippen LogP contribution in [-0.4, -0.2) is 24.8 Å². The lowest BCUT2D eigenvalue weighted by Gasteiger charge is -2.13. The number of rotatable bonds is 5. The van der Waals surface area contributed by atoms with E-state index >= 15 is 0 Å². The summed E-state index contributed by atoms with van der Waals surface area (Å²) in [6.45, 7) is 2.03. The summed E-state index contributed by atoms with van der Waals surface area (Å²) >= 11 is 1.37. The minimum absolute atomic E-state index is 0.111. The van der Waals surface area contributed by atoms with Crippen molar-refractivity contribution in [2.75, 3.05) is 19.4 Å². The van der Waals surface area contributed by atoms with Crippen LogP contribution < -0.4 is 15.8 Å². The highest BCUT2D eigenvalue weighted by Crippen LogP contribution is 2.31. The van der Waals surface area contributed by atoms with Gasteiger partial charge in [-0.1, -0.05) is 5.92 Å². The second-order valence-electron chi connectivity index (χ2n) is 3.59. The van der Waals surface area contributed by atoms with Crippen LogP contribution in [0.3, 0.4) is 0 Å². The number of anilines is 1. The number of hydrogen-bond donors (Lipinski definition) is 2. The van der Waals surface area contributed by atoms with Crippen LogP contribution in [0.4, 0.5) is 5.69 Å². The Bertz CT molecular complexity index is 469. The number of terminal acetylenes is 1. The molecule has 0 spiro atoms. The molecule has 1 amide bonds. The standard InChI is InChI=1S/C13H16N2O2S/c1-4-7-15-13(16)9(2)18-12-8-10(17-3)5-6-11(12)14/h1,5-6,8-9H,7,14H2,2-3H3,(H,15,16). The first-order chi connectivity index (χ1) is 8.58. The van der Waals surface area contributed by atoms with Crippen LogP contribution in [-0.2, 0) is 4.79 Å². The molecule has 0 saturated carbocycles. The van der Waals surface area contributed by atoms with Crippen LogP contribution in [0.5, 0.6) is 5.75 Å². The van der Waals surface area contributed by atoms with E-state index in [1.54, 1.807) is 26.2 Å². The number of nitrogens with one attached hydrogen (secondary N) is 1. The largest absolute Gasteiger partial charge is 0.497 e. The molecule has 1 aromatic rings. The molecule has 96 valence electrons. The van der Waals surface area contributed by atoms with E-state index in [-0.39, 0.29) is 17.7 Å². The minimum Gasteiger partial charge on any atom is -0.497 e.